The first-order valence-electron chi connectivity index (χ1n) is 7.12. The number of Topliss-reactive ketones (excluding diaryl/α,β-unsaturated/α-hetero) is 1. The summed E-state index contributed by atoms with van der Waals surface area (Å²) in [6.45, 7) is 2.35. The molecular formula is C16H19NO2. The van der Waals surface area contributed by atoms with Gasteiger partial charge in [-0.05, 0) is 49.9 Å². The van der Waals surface area contributed by atoms with Gasteiger partial charge in [0, 0.05) is 23.7 Å². The molecule has 1 fully saturated rings. The molecule has 3 heteroatoms. The van der Waals surface area contributed by atoms with Crippen molar-refractivity contribution < 1.29 is 9.59 Å². The molecule has 3 nitrogen and oxygen atoms in total. The summed E-state index contributed by atoms with van der Waals surface area (Å²) in [7, 11) is 0. The third-order valence-electron chi connectivity index (χ3n) is 4.35. The fraction of sp³-hybridized carbons (Fsp3) is 0.500. The van der Waals surface area contributed by atoms with Crippen LogP contribution >= 0.6 is 0 Å². The minimum absolute atomic E-state index is 0.0865. The molecular weight excluding hydrogens is 238 g/mol. The van der Waals surface area contributed by atoms with Crippen molar-refractivity contribution in [3.8, 4) is 0 Å². The van der Waals surface area contributed by atoms with Gasteiger partial charge in [-0.2, -0.15) is 0 Å². The van der Waals surface area contributed by atoms with E-state index in [9.17, 15) is 9.59 Å². The maximum Gasteiger partial charge on any atom is 0.230 e. The lowest BCUT2D eigenvalue weighted by atomic mass is 10.0. The molecule has 1 saturated carbocycles. The van der Waals surface area contributed by atoms with Gasteiger partial charge in [-0.1, -0.05) is 12.8 Å². The fourth-order valence-corrected chi connectivity index (χ4v) is 3.24. The van der Waals surface area contributed by atoms with Gasteiger partial charge in [0.1, 0.15) is 0 Å². The average molecular weight is 257 g/mol. The Morgan fingerprint density at radius 2 is 1.95 bits per heavy atom. The highest BCUT2D eigenvalue weighted by molar-refractivity contribution is 5.99. The molecule has 100 valence electrons. The van der Waals surface area contributed by atoms with Gasteiger partial charge in [-0.15, -0.1) is 0 Å². The number of benzene rings is 1. The number of carbonyl (C=O) groups excluding carboxylic acids is 2. The summed E-state index contributed by atoms with van der Waals surface area (Å²) < 4.78 is 0. The minimum atomic E-state index is 0.0865. The Kier molecular flexibility index (Phi) is 3.13. The molecule has 3 rings (SSSR count). The van der Waals surface area contributed by atoms with Crippen LogP contribution in [0.25, 0.3) is 0 Å². The SMILES string of the molecule is CC(=O)c1ccc2c(c1)CCN2C(=O)C1CCCC1. The number of fused-ring (bicyclic) bond motifs is 1. The van der Waals surface area contributed by atoms with Crippen LogP contribution < -0.4 is 4.90 Å². The van der Waals surface area contributed by atoms with Gasteiger partial charge in [-0.3, -0.25) is 9.59 Å². The number of hydrogen-bond acceptors (Lipinski definition) is 2. The van der Waals surface area contributed by atoms with Crippen molar-refractivity contribution in [1.29, 1.82) is 0 Å². The van der Waals surface area contributed by atoms with Crippen molar-refractivity contribution in [3.63, 3.8) is 0 Å². The molecule has 1 amide bonds. The lowest BCUT2D eigenvalue weighted by Crippen LogP contribution is -2.33. The van der Waals surface area contributed by atoms with Gasteiger partial charge in [-0.25, -0.2) is 0 Å². The summed E-state index contributed by atoms with van der Waals surface area (Å²) in [6, 6.07) is 5.72. The first-order chi connectivity index (χ1) is 9.16. The second kappa shape index (κ2) is 4.80. The van der Waals surface area contributed by atoms with E-state index >= 15 is 0 Å². The number of ketones is 1. The molecule has 0 aromatic heterocycles. The van der Waals surface area contributed by atoms with E-state index in [1.165, 1.54) is 12.8 Å². The molecule has 1 aliphatic heterocycles. The maximum absolute atomic E-state index is 12.5. The third kappa shape index (κ3) is 2.18. The van der Waals surface area contributed by atoms with Gasteiger partial charge >= 0.3 is 0 Å². The van der Waals surface area contributed by atoms with Crippen molar-refractivity contribution in [2.24, 2.45) is 5.92 Å². The van der Waals surface area contributed by atoms with Gasteiger partial charge < -0.3 is 4.90 Å². The van der Waals surface area contributed by atoms with Crippen LogP contribution in [-0.2, 0) is 11.2 Å². The molecule has 0 radical (unpaired) electrons. The van der Waals surface area contributed by atoms with Crippen molar-refractivity contribution in [1.82, 2.24) is 0 Å². The largest absolute Gasteiger partial charge is 0.312 e. The molecule has 2 aliphatic rings. The van der Waals surface area contributed by atoms with Crippen LogP contribution in [0.5, 0.6) is 0 Å². The number of rotatable bonds is 2. The van der Waals surface area contributed by atoms with E-state index in [-0.39, 0.29) is 17.6 Å². The predicted molar refractivity (Wildman–Crippen MR) is 74.5 cm³/mol. The van der Waals surface area contributed by atoms with E-state index in [0.29, 0.717) is 0 Å². The van der Waals surface area contributed by atoms with Gasteiger partial charge in [0.2, 0.25) is 5.91 Å². The quantitative estimate of drug-likeness (QED) is 0.764. The first kappa shape index (κ1) is 12.4. The Bertz CT molecular complexity index is 530. The lowest BCUT2D eigenvalue weighted by molar-refractivity contribution is -0.122. The molecule has 0 N–H and O–H groups in total. The zero-order valence-electron chi connectivity index (χ0n) is 11.3. The number of carbonyl (C=O) groups is 2. The summed E-state index contributed by atoms with van der Waals surface area (Å²) in [5.41, 5.74) is 2.90. The van der Waals surface area contributed by atoms with Crippen LogP contribution in [0.2, 0.25) is 0 Å². The van der Waals surface area contributed by atoms with Crippen LogP contribution in [0.4, 0.5) is 5.69 Å². The fourth-order valence-electron chi connectivity index (χ4n) is 3.24. The molecule has 0 spiro atoms. The zero-order chi connectivity index (χ0) is 13.4. The first-order valence-corrected chi connectivity index (χ1v) is 7.12. The molecule has 0 unspecified atom stereocenters. The molecule has 0 bridgehead atoms. The molecule has 19 heavy (non-hydrogen) atoms. The molecule has 0 atom stereocenters. The highest BCUT2D eigenvalue weighted by Crippen LogP contribution is 2.34. The molecule has 1 aromatic carbocycles. The van der Waals surface area contributed by atoms with Crippen LogP contribution in [0.15, 0.2) is 18.2 Å². The number of amides is 1. The van der Waals surface area contributed by atoms with E-state index in [4.69, 9.17) is 0 Å². The summed E-state index contributed by atoms with van der Waals surface area (Å²) in [6.07, 6.45) is 5.31. The maximum atomic E-state index is 12.5. The van der Waals surface area contributed by atoms with Crippen molar-refractivity contribution >= 4 is 17.4 Å². The smallest absolute Gasteiger partial charge is 0.230 e. The second-order valence-corrected chi connectivity index (χ2v) is 5.62. The Morgan fingerprint density at radius 3 is 2.63 bits per heavy atom. The van der Waals surface area contributed by atoms with Gasteiger partial charge in [0.25, 0.3) is 0 Å². The van der Waals surface area contributed by atoms with E-state index in [1.807, 2.05) is 23.1 Å². The molecule has 1 aromatic rings. The Balaban J connectivity index is 1.85. The third-order valence-corrected chi connectivity index (χ3v) is 4.35. The highest BCUT2D eigenvalue weighted by Gasteiger charge is 2.31. The summed E-state index contributed by atoms with van der Waals surface area (Å²) >= 11 is 0. The normalized spacial score (nSPS) is 18.7. The second-order valence-electron chi connectivity index (χ2n) is 5.62. The van der Waals surface area contributed by atoms with E-state index in [2.05, 4.69) is 0 Å². The highest BCUT2D eigenvalue weighted by atomic mass is 16.2. The van der Waals surface area contributed by atoms with E-state index < -0.39 is 0 Å². The van der Waals surface area contributed by atoms with Crippen LogP contribution in [-0.4, -0.2) is 18.2 Å². The summed E-state index contributed by atoms with van der Waals surface area (Å²) in [5, 5.41) is 0. The molecule has 1 heterocycles. The monoisotopic (exact) mass is 257 g/mol. The Morgan fingerprint density at radius 1 is 1.21 bits per heavy atom. The van der Waals surface area contributed by atoms with Gasteiger partial charge in [0.15, 0.2) is 5.78 Å². The predicted octanol–water partition coefficient (Wildman–Crippen LogP) is 2.97. The topological polar surface area (TPSA) is 37.4 Å². The standard InChI is InChI=1S/C16H19NO2/c1-11(18)13-6-7-15-14(10-13)8-9-17(15)16(19)12-4-2-3-5-12/h6-7,10,12H,2-5,8-9H2,1H3. The van der Waals surface area contributed by atoms with Crippen molar-refractivity contribution in [2.75, 3.05) is 11.4 Å². The Hall–Kier alpha value is -1.64. The van der Waals surface area contributed by atoms with E-state index in [1.54, 1.807) is 6.92 Å². The average Bonchev–Trinajstić information content (AvgIpc) is 3.06. The van der Waals surface area contributed by atoms with Gasteiger partial charge in [0.05, 0.1) is 0 Å². The number of anilines is 1. The Labute approximate surface area is 113 Å². The zero-order valence-corrected chi connectivity index (χ0v) is 11.3. The minimum Gasteiger partial charge on any atom is -0.312 e. The van der Waals surface area contributed by atoms with Crippen molar-refractivity contribution in [2.45, 2.75) is 39.0 Å². The van der Waals surface area contributed by atoms with Crippen LogP contribution in [0, 0.1) is 5.92 Å². The summed E-state index contributed by atoms with van der Waals surface area (Å²) in [4.78, 5) is 25.8. The van der Waals surface area contributed by atoms with Crippen LogP contribution in [0.3, 0.4) is 0 Å². The molecule has 0 saturated heterocycles. The molecule has 1 aliphatic carbocycles. The van der Waals surface area contributed by atoms with Crippen LogP contribution in [0.1, 0.15) is 48.5 Å². The van der Waals surface area contributed by atoms with Crippen molar-refractivity contribution in [3.05, 3.63) is 29.3 Å². The van der Waals surface area contributed by atoms with E-state index in [0.717, 1.165) is 42.6 Å². The summed E-state index contributed by atoms with van der Waals surface area (Å²) in [5.74, 6) is 0.591. The number of hydrogen-bond donors (Lipinski definition) is 0. The lowest BCUT2D eigenvalue weighted by Gasteiger charge is -2.21. The number of nitrogens with zero attached hydrogens (tertiary/aromatic N) is 1.